The van der Waals surface area contributed by atoms with Gasteiger partial charge in [0.2, 0.25) is 11.8 Å². The van der Waals surface area contributed by atoms with E-state index in [1.807, 2.05) is 57.2 Å². The molecule has 0 unspecified atom stereocenters. The second-order valence-electron chi connectivity index (χ2n) is 11.5. The Morgan fingerprint density at radius 1 is 0.881 bits per heavy atom. The number of ether oxygens (including phenoxy) is 1. The summed E-state index contributed by atoms with van der Waals surface area (Å²) in [6.07, 6.45) is 1.69. The highest BCUT2D eigenvalue weighted by Crippen LogP contribution is 2.61. The predicted octanol–water partition coefficient (Wildman–Crippen LogP) is 6.00. The van der Waals surface area contributed by atoms with E-state index in [4.69, 9.17) is 4.74 Å². The fourth-order valence-electron chi connectivity index (χ4n) is 7.09. The molecule has 0 saturated carbocycles. The van der Waals surface area contributed by atoms with E-state index in [0.29, 0.717) is 12.1 Å². The molecule has 3 amide bonds. The molecule has 4 aliphatic rings. The summed E-state index contributed by atoms with van der Waals surface area (Å²) in [7, 11) is 0. The maximum Gasteiger partial charge on any atom is 0.329 e. The van der Waals surface area contributed by atoms with Crippen molar-refractivity contribution < 1.29 is 23.9 Å². The zero-order valence-corrected chi connectivity index (χ0v) is 25.4. The lowest BCUT2D eigenvalue weighted by Gasteiger charge is -2.45. The van der Waals surface area contributed by atoms with Crippen LogP contribution in [0.5, 0.6) is 0 Å². The van der Waals surface area contributed by atoms with Crippen molar-refractivity contribution in [1.82, 2.24) is 4.90 Å². The van der Waals surface area contributed by atoms with Crippen LogP contribution in [0.1, 0.15) is 71.4 Å². The monoisotopic (exact) mass is 628 g/mol. The van der Waals surface area contributed by atoms with E-state index < -0.39 is 36.4 Å². The molecule has 3 aromatic carbocycles. The second kappa shape index (κ2) is 11.1. The molecule has 1 fully saturated rings. The lowest BCUT2D eigenvalue weighted by molar-refractivity contribution is -0.160. The van der Waals surface area contributed by atoms with Crippen molar-refractivity contribution in [3.63, 3.8) is 0 Å². The quantitative estimate of drug-likeness (QED) is 0.244. The van der Waals surface area contributed by atoms with Crippen molar-refractivity contribution in [2.75, 3.05) is 11.9 Å². The number of imide groups is 1. The van der Waals surface area contributed by atoms with Crippen LogP contribution in [0.4, 0.5) is 5.69 Å². The van der Waals surface area contributed by atoms with Crippen LogP contribution in [0, 0.1) is 25.7 Å². The van der Waals surface area contributed by atoms with Gasteiger partial charge in [0.25, 0.3) is 5.91 Å². The summed E-state index contributed by atoms with van der Waals surface area (Å²) in [6, 6.07) is 18.8. The molecule has 3 atom stereocenters. The zero-order chi connectivity index (χ0) is 29.7. The van der Waals surface area contributed by atoms with Crippen molar-refractivity contribution in [3.05, 3.63) is 98.5 Å². The summed E-state index contributed by atoms with van der Waals surface area (Å²) >= 11 is 3.48. The minimum Gasteiger partial charge on any atom is -0.454 e. The maximum absolute atomic E-state index is 14.2. The van der Waals surface area contributed by atoms with Crippen molar-refractivity contribution in [1.29, 1.82) is 0 Å². The molecule has 2 bridgehead atoms. The molecule has 42 heavy (non-hydrogen) atoms. The highest BCUT2D eigenvalue weighted by molar-refractivity contribution is 9.10. The van der Waals surface area contributed by atoms with Gasteiger partial charge in [0, 0.05) is 22.0 Å². The molecule has 1 N–H and O–H groups in total. The Labute approximate surface area is 253 Å². The lowest BCUT2D eigenvalue weighted by atomic mass is 9.55. The average Bonchev–Trinajstić information content (AvgIpc) is 3.25. The van der Waals surface area contributed by atoms with Crippen molar-refractivity contribution >= 4 is 45.3 Å². The maximum atomic E-state index is 14.2. The number of hydrogen-bond donors (Lipinski definition) is 1. The smallest absolute Gasteiger partial charge is 0.329 e. The number of esters is 1. The first-order chi connectivity index (χ1) is 20.2. The number of nitrogens with one attached hydrogen (secondary N) is 1. The van der Waals surface area contributed by atoms with Crippen LogP contribution in [-0.2, 0) is 23.9 Å². The zero-order valence-electron chi connectivity index (χ0n) is 23.9. The summed E-state index contributed by atoms with van der Waals surface area (Å²) < 4.78 is 6.41. The number of halogens is 1. The minimum absolute atomic E-state index is 0.250. The fourth-order valence-corrected chi connectivity index (χ4v) is 7.55. The van der Waals surface area contributed by atoms with Crippen LogP contribution in [0.3, 0.4) is 0 Å². The molecule has 7 rings (SSSR count). The van der Waals surface area contributed by atoms with Crippen molar-refractivity contribution in [2.24, 2.45) is 11.8 Å². The normalized spacial score (nSPS) is 22.3. The molecule has 3 aliphatic carbocycles. The SMILES string of the molecule is CCCC[C@H](C(=O)OCC(=O)Nc1cc(C)c(Br)cc1C)N1C(=O)[C@@H]2C3c4ccccc4C(c4ccccc43)[C@@H]2C1=O. The molecule has 3 aromatic rings. The van der Waals surface area contributed by atoms with Gasteiger partial charge in [-0.3, -0.25) is 19.3 Å². The molecule has 0 radical (unpaired) electrons. The molecular formula is C34H33BrN2O5. The van der Waals surface area contributed by atoms with Gasteiger partial charge in [0.1, 0.15) is 6.04 Å². The van der Waals surface area contributed by atoms with Gasteiger partial charge < -0.3 is 10.1 Å². The molecular weight excluding hydrogens is 596 g/mol. The second-order valence-corrected chi connectivity index (χ2v) is 12.4. The highest BCUT2D eigenvalue weighted by Gasteiger charge is 2.63. The number of anilines is 1. The van der Waals surface area contributed by atoms with E-state index in [1.165, 1.54) is 4.90 Å². The summed E-state index contributed by atoms with van der Waals surface area (Å²) in [6.45, 7) is 5.27. The molecule has 1 saturated heterocycles. The summed E-state index contributed by atoms with van der Waals surface area (Å²) in [5.74, 6) is -3.52. The van der Waals surface area contributed by atoms with Crippen molar-refractivity contribution in [3.8, 4) is 0 Å². The van der Waals surface area contributed by atoms with Crippen LogP contribution >= 0.6 is 15.9 Å². The first-order valence-corrected chi connectivity index (χ1v) is 15.3. The average molecular weight is 630 g/mol. The summed E-state index contributed by atoms with van der Waals surface area (Å²) in [4.78, 5) is 55.8. The number of likely N-dealkylation sites (tertiary alicyclic amines) is 1. The Balaban J connectivity index is 1.25. The van der Waals surface area contributed by atoms with Gasteiger partial charge in [-0.15, -0.1) is 0 Å². The van der Waals surface area contributed by atoms with Gasteiger partial charge in [0.05, 0.1) is 11.8 Å². The van der Waals surface area contributed by atoms with Gasteiger partial charge >= 0.3 is 5.97 Å². The van der Waals surface area contributed by atoms with Crippen LogP contribution in [0.25, 0.3) is 0 Å². The van der Waals surface area contributed by atoms with Gasteiger partial charge in [0.15, 0.2) is 6.61 Å². The summed E-state index contributed by atoms with van der Waals surface area (Å²) in [5.41, 5.74) is 6.75. The van der Waals surface area contributed by atoms with Crippen LogP contribution < -0.4 is 5.32 Å². The number of carbonyl (C=O) groups is 4. The number of carbonyl (C=O) groups excluding carboxylic acids is 4. The predicted molar refractivity (Wildman–Crippen MR) is 162 cm³/mol. The molecule has 1 heterocycles. The van der Waals surface area contributed by atoms with Crippen LogP contribution in [0.15, 0.2) is 65.1 Å². The fraction of sp³-hybridized carbons (Fsp3) is 0.353. The molecule has 7 nitrogen and oxygen atoms in total. The number of hydrogen-bond acceptors (Lipinski definition) is 5. The van der Waals surface area contributed by atoms with E-state index in [1.54, 1.807) is 0 Å². The molecule has 216 valence electrons. The molecule has 0 aromatic heterocycles. The van der Waals surface area contributed by atoms with E-state index >= 15 is 0 Å². The molecule has 1 aliphatic heterocycles. The molecule has 8 heteroatoms. The number of amides is 3. The number of unbranched alkanes of at least 4 members (excludes halogenated alkanes) is 1. The first kappa shape index (κ1) is 28.3. The van der Waals surface area contributed by atoms with Crippen LogP contribution in [-0.4, -0.2) is 41.2 Å². The Hall–Kier alpha value is -3.78. The Morgan fingerprint density at radius 2 is 1.40 bits per heavy atom. The van der Waals surface area contributed by atoms with E-state index in [2.05, 4.69) is 45.5 Å². The molecule has 0 spiro atoms. The third kappa shape index (κ3) is 4.56. The van der Waals surface area contributed by atoms with Gasteiger partial charge in [-0.05, 0) is 65.8 Å². The third-order valence-electron chi connectivity index (χ3n) is 9.02. The highest BCUT2D eigenvalue weighted by atomic mass is 79.9. The summed E-state index contributed by atoms with van der Waals surface area (Å²) in [5, 5.41) is 2.80. The number of rotatable bonds is 8. The van der Waals surface area contributed by atoms with Crippen LogP contribution in [0.2, 0.25) is 0 Å². The lowest BCUT2D eigenvalue weighted by Crippen LogP contribution is -2.47. The topological polar surface area (TPSA) is 92.8 Å². The van der Waals surface area contributed by atoms with E-state index in [9.17, 15) is 19.2 Å². The largest absolute Gasteiger partial charge is 0.454 e. The number of benzene rings is 3. The first-order valence-electron chi connectivity index (χ1n) is 14.5. The minimum atomic E-state index is -1.08. The standard InChI is InChI=1S/C34H33BrN2O5/c1-4-5-14-26(34(41)42-17-27(38)36-25-16-18(2)24(35)15-19(25)3)37-32(39)30-28-20-10-6-7-11-21(20)29(31(30)33(37)40)23-13-9-8-12-22(23)28/h6-13,15-16,26,28-31H,4-5,14,17H2,1-3H3,(H,36,38)/t26-,28?,29?,30-,31+/m1/s1. The van der Waals surface area contributed by atoms with E-state index in [-0.39, 0.29) is 30.1 Å². The van der Waals surface area contributed by atoms with E-state index in [0.717, 1.165) is 44.3 Å². The Kier molecular flexibility index (Phi) is 7.51. The third-order valence-corrected chi connectivity index (χ3v) is 9.88. The Morgan fingerprint density at radius 3 is 1.90 bits per heavy atom. The van der Waals surface area contributed by atoms with Gasteiger partial charge in [-0.25, -0.2) is 4.79 Å². The van der Waals surface area contributed by atoms with Gasteiger partial charge in [-0.2, -0.15) is 0 Å². The number of aryl methyl sites for hydroxylation is 2. The number of nitrogens with zero attached hydrogens (tertiary/aromatic N) is 1. The Bertz CT molecular complexity index is 1500. The van der Waals surface area contributed by atoms with Crippen molar-refractivity contribution in [2.45, 2.75) is 57.9 Å². The van der Waals surface area contributed by atoms with Gasteiger partial charge in [-0.1, -0.05) is 84.2 Å².